The average molecular weight is 466 g/mol. The highest BCUT2D eigenvalue weighted by molar-refractivity contribution is 7.99. The number of amides is 1. The number of nitrogens with one attached hydrogen (secondary N) is 1. The molecule has 1 atom stereocenters. The maximum Gasteiger partial charge on any atom is 0.230 e. The van der Waals surface area contributed by atoms with Crippen molar-refractivity contribution < 1.29 is 9.53 Å². The summed E-state index contributed by atoms with van der Waals surface area (Å²) in [7, 11) is 0. The van der Waals surface area contributed by atoms with Crippen LogP contribution >= 0.6 is 11.8 Å². The number of thioether (sulfide) groups is 1. The normalized spacial score (nSPS) is 15.7. The van der Waals surface area contributed by atoms with Gasteiger partial charge in [-0.05, 0) is 53.5 Å². The van der Waals surface area contributed by atoms with Gasteiger partial charge in [0.25, 0.3) is 0 Å². The van der Waals surface area contributed by atoms with Crippen LogP contribution in [-0.2, 0) is 23.2 Å². The molecule has 3 aromatic rings. The first-order valence-electron chi connectivity index (χ1n) is 11.2. The third-order valence-corrected chi connectivity index (χ3v) is 6.80. The van der Waals surface area contributed by atoms with Crippen LogP contribution in [0.5, 0.6) is 5.75 Å². The van der Waals surface area contributed by atoms with Crippen LogP contribution in [-0.4, -0.2) is 26.5 Å². The zero-order valence-corrected chi connectivity index (χ0v) is 20.2. The predicted octanol–water partition coefficient (Wildman–Crippen LogP) is 4.15. The van der Waals surface area contributed by atoms with Gasteiger partial charge in [0.05, 0.1) is 11.8 Å². The van der Waals surface area contributed by atoms with Gasteiger partial charge in [0.2, 0.25) is 11.1 Å². The van der Waals surface area contributed by atoms with Gasteiger partial charge in [0, 0.05) is 0 Å². The Morgan fingerprint density at radius 3 is 2.70 bits per heavy atom. The van der Waals surface area contributed by atoms with Gasteiger partial charge in [-0.25, -0.2) is 4.68 Å². The molecule has 0 saturated heterocycles. The Labute approximate surface area is 199 Å². The summed E-state index contributed by atoms with van der Waals surface area (Å²) < 4.78 is 7.21. The van der Waals surface area contributed by atoms with E-state index in [0.29, 0.717) is 11.0 Å². The fourth-order valence-corrected chi connectivity index (χ4v) is 4.66. The summed E-state index contributed by atoms with van der Waals surface area (Å²) in [5, 5.41) is 11.9. The molecule has 33 heavy (non-hydrogen) atoms. The topological polar surface area (TPSA) is 95.1 Å². The number of aromatic nitrogens is 3. The van der Waals surface area contributed by atoms with E-state index in [1.807, 2.05) is 18.2 Å². The average Bonchev–Trinajstić information content (AvgIpc) is 3.15. The first-order chi connectivity index (χ1) is 15.8. The minimum absolute atomic E-state index is 0.0403. The van der Waals surface area contributed by atoms with Gasteiger partial charge in [0.1, 0.15) is 12.4 Å². The van der Waals surface area contributed by atoms with Crippen LogP contribution < -0.4 is 15.9 Å². The Bertz CT molecular complexity index is 1100. The van der Waals surface area contributed by atoms with E-state index in [2.05, 4.69) is 66.6 Å². The van der Waals surface area contributed by atoms with Gasteiger partial charge >= 0.3 is 0 Å². The molecule has 1 aliphatic carbocycles. The van der Waals surface area contributed by atoms with E-state index in [4.69, 9.17) is 10.6 Å². The largest absolute Gasteiger partial charge is 0.486 e. The van der Waals surface area contributed by atoms with E-state index in [-0.39, 0.29) is 29.7 Å². The van der Waals surface area contributed by atoms with Gasteiger partial charge in [-0.1, -0.05) is 68.9 Å². The molecule has 0 bridgehead atoms. The Morgan fingerprint density at radius 2 is 1.94 bits per heavy atom. The van der Waals surface area contributed by atoms with E-state index < -0.39 is 0 Å². The Balaban J connectivity index is 1.29. The molecule has 1 aliphatic rings. The second-order valence-corrected chi connectivity index (χ2v) is 10.3. The number of aryl methyl sites for hydroxylation is 1. The van der Waals surface area contributed by atoms with Crippen LogP contribution in [0.4, 0.5) is 0 Å². The lowest BCUT2D eigenvalue weighted by Gasteiger charge is -2.26. The molecule has 0 radical (unpaired) electrons. The quantitative estimate of drug-likeness (QED) is 0.402. The highest BCUT2D eigenvalue weighted by Crippen LogP contribution is 2.29. The van der Waals surface area contributed by atoms with Crippen LogP contribution in [0, 0.1) is 0 Å². The first kappa shape index (κ1) is 23.2. The van der Waals surface area contributed by atoms with E-state index in [9.17, 15) is 4.79 Å². The van der Waals surface area contributed by atoms with Gasteiger partial charge < -0.3 is 15.9 Å². The first-order valence-corrected chi connectivity index (χ1v) is 12.2. The summed E-state index contributed by atoms with van der Waals surface area (Å²) in [5.41, 5.74) is 3.88. The van der Waals surface area contributed by atoms with Gasteiger partial charge in [0.15, 0.2) is 5.82 Å². The summed E-state index contributed by atoms with van der Waals surface area (Å²) in [6, 6.07) is 16.4. The molecule has 0 saturated carbocycles. The molecule has 1 unspecified atom stereocenters. The lowest BCUT2D eigenvalue weighted by atomic mass is 9.87. The summed E-state index contributed by atoms with van der Waals surface area (Å²) in [6.07, 6.45) is 3.10. The molecule has 0 spiro atoms. The Hall–Kier alpha value is -3.00. The van der Waals surface area contributed by atoms with Crippen molar-refractivity contribution in [3.8, 4) is 5.75 Å². The molecule has 174 valence electrons. The van der Waals surface area contributed by atoms with Gasteiger partial charge in [-0.3, -0.25) is 4.79 Å². The molecule has 3 N–H and O–H groups in total. The Kier molecular flexibility index (Phi) is 6.93. The van der Waals surface area contributed by atoms with Crippen molar-refractivity contribution in [3.05, 3.63) is 71.0 Å². The summed E-state index contributed by atoms with van der Waals surface area (Å²) in [6.45, 7) is 6.72. The fourth-order valence-electron chi connectivity index (χ4n) is 3.97. The second kappa shape index (κ2) is 9.87. The summed E-state index contributed by atoms with van der Waals surface area (Å²) >= 11 is 1.27. The van der Waals surface area contributed by atoms with E-state index in [1.165, 1.54) is 33.1 Å². The lowest BCUT2D eigenvalue weighted by Crippen LogP contribution is -2.32. The molecular formula is C25H31N5O2S. The van der Waals surface area contributed by atoms with Crippen LogP contribution in [0.25, 0.3) is 0 Å². The number of ether oxygens (including phenoxy) is 1. The molecule has 0 aliphatic heterocycles. The van der Waals surface area contributed by atoms with Crippen molar-refractivity contribution >= 4 is 17.7 Å². The van der Waals surface area contributed by atoms with Crippen LogP contribution in [0.2, 0.25) is 0 Å². The molecule has 1 heterocycles. The number of hydrogen-bond acceptors (Lipinski definition) is 6. The summed E-state index contributed by atoms with van der Waals surface area (Å²) in [5.74, 6) is 7.57. The number of nitrogen functional groups attached to an aromatic ring is 1. The number of nitrogens with zero attached hydrogens (tertiary/aromatic N) is 3. The van der Waals surface area contributed by atoms with Crippen LogP contribution in [0.1, 0.15) is 62.2 Å². The zero-order valence-electron chi connectivity index (χ0n) is 19.4. The molecular weight excluding hydrogens is 434 g/mol. The smallest absolute Gasteiger partial charge is 0.230 e. The number of hydrogen-bond donors (Lipinski definition) is 2. The number of rotatable bonds is 7. The monoisotopic (exact) mass is 465 g/mol. The maximum atomic E-state index is 12.6. The molecule has 4 rings (SSSR count). The predicted molar refractivity (Wildman–Crippen MR) is 131 cm³/mol. The highest BCUT2D eigenvalue weighted by Gasteiger charge is 2.22. The second-order valence-electron chi connectivity index (χ2n) is 9.33. The van der Waals surface area contributed by atoms with E-state index in [1.54, 1.807) is 0 Å². The fraction of sp³-hybridized carbons (Fsp3) is 0.400. The number of benzene rings is 2. The number of carbonyl (C=O) groups excluding carboxylic acids is 1. The van der Waals surface area contributed by atoms with E-state index in [0.717, 1.165) is 25.0 Å². The standard InChI is InChI=1S/C25H31N5O2S/c1-25(2,3)18-11-13-19(14-12-18)32-15-22-28-29-24(30(22)26)33-16-23(31)27-21-10-6-8-17-7-4-5-9-20(17)21/h4-5,7,9,11-14,21H,6,8,10,15-16,26H2,1-3H3,(H,27,31). The van der Waals surface area contributed by atoms with Gasteiger partial charge in [-0.15, -0.1) is 10.2 Å². The van der Waals surface area contributed by atoms with Crippen LogP contribution in [0.15, 0.2) is 53.7 Å². The zero-order chi connectivity index (χ0) is 23.4. The van der Waals surface area contributed by atoms with Crippen molar-refractivity contribution in [1.29, 1.82) is 0 Å². The lowest BCUT2D eigenvalue weighted by molar-refractivity contribution is -0.119. The third kappa shape index (κ3) is 5.68. The maximum absolute atomic E-state index is 12.6. The van der Waals surface area contributed by atoms with E-state index >= 15 is 0 Å². The van der Waals surface area contributed by atoms with Crippen molar-refractivity contribution in [1.82, 2.24) is 20.2 Å². The van der Waals surface area contributed by atoms with Gasteiger partial charge in [-0.2, -0.15) is 0 Å². The third-order valence-electron chi connectivity index (χ3n) is 5.86. The number of carbonyl (C=O) groups is 1. The SMILES string of the molecule is CC(C)(C)c1ccc(OCc2nnc(SCC(=O)NC3CCCc4ccccc43)n2N)cc1. The molecule has 1 amide bonds. The molecule has 7 nitrogen and oxygen atoms in total. The highest BCUT2D eigenvalue weighted by atomic mass is 32.2. The summed E-state index contributed by atoms with van der Waals surface area (Å²) in [4.78, 5) is 12.6. The minimum atomic E-state index is -0.0403. The van der Waals surface area contributed by atoms with Crippen molar-refractivity contribution in [2.24, 2.45) is 0 Å². The van der Waals surface area contributed by atoms with Crippen molar-refractivity contribution in [2.45, 2.75) is 63.3 Å². The molecule has 1 aromatic heterocycles. The minimum Gasteiger partial charge on any atom is -0.486 e. The number of nitrogens with two attached hydrogens (primary N) is 1. The van der Waals surface area contributed by atoms with Crippen LogP contribution in [0.3, 0.4) is 0 Å². The number of fused-ring (bicyclic) bond motifs is 1. The van der Waals surface area contributed by atoms with Crippen molar-refractivity contribution in [3.63, 3.8) is 0 Å². The Morgan fingerprint density at radius 1 is 1.18 bits per heavy atom. The molecule has 0 fully saturated rings. The van der Waals surface area contributed by atoms with Crippen molar-refractivity contribution in [2.75, 3.05) is 11.6 Å². The molecule has 2 aromatic carbocycles. The molecule has 8 heteroatoms.